The Kier molecular flexibility index (Phi) is 6.73. The van der Waals surface area contributed by atoms with Crippen molar-refractivity contribution < 1.29 is 26.7 Å². The van der Waals surface area contributed by atoms with E-state index < -0.39 is 33.6 Å². The van der Waals surface area contributed by atoms with Crippen LogP contribution in [0.25, 0.3) is 0 Å². The highest BCUT2D eigenvalue weighted by molar-refractivity contribution is 7.89. The molecule has 1 unspecified atom stereocenters. The quantitative estimate of drug-likeness (QED) is 0.730. The fraction of sp³-hybridized carbons (Fsp3) is 0.316. The van der Waals surface area contributed by atoms with Crippen molar-refractivity contribution in [2.75, 3.05) is 12.4 Å². The molecule has 9 heteroatoms. The Hall–Kier alpha value is -2.52. The summed E-state index contributed by atoms with van der Waals surface area (Å²) in [5.41, 5.74) is 0.800. The van der Waals surface area contributed by atoms with Gasteiger partial charge < -0.3 is 10.1 Å². The van der Waals surface area contributed by atoms with Crippen LogP contribution in [0.15, 0.2) is 41.3 Å². The zero-order chi connectivity index (χ0) is 21.1. The molecule has 2 N–H and O–H groups in total. The van der Waals surface area contributed by atoms with Crippen molar-refractivity contribution in [3.05, 3.63) is 53.6 Å². The topological polar surface area (TPSA) is 84.5 Å². The maximum Gasteiger partial charge on any atom is 0.244 e. The lowest BCUT2D eigenvalue weighted by molar-refractivity contribution is -0.117. The molecule has 1 amide bonds. The largest absolute Gasteiger partial charge is 0.495 e. The highest BCUT2D eigenvalue weighted by Crippen LogP contribution is 2.28. The lowest BCUT2D eigenvalue weighted by Crippen LogP contribution is -2.41. The number of hydrogen-bond acceptors (Lipinski definition) is 4. The summed E-state index contributed by atoms with van der Waals surface area (Å²) >= 11 is 0. The lowest BCUT2D eigenvalue weighted by Gasteiger charge is -2.17. The molecular formula is C19H22F2N2O4S. The minimum absolute atomic E-state index is 0.00864. The summed E-state index contributed by atoms with van der Waals surface area (Å²) in [5, 5.41) is 2.34. The average Bonchev–Trinajstić information content (AvgIpc) is 2.63. The van der Waals surface area contributed by atoms with Gasteiger partial charge in [-0.3, -0.25) is 4.79 Å². The molecule has 0 aliphatic heterocycles. The Morgan fingerprint density at radius 1 is 1.04 bits per heavy atom. The van der Waals surface area contributed by atoms with E-state index in [0.29, 0.717) is 0 Å². The molecule has 2 rings (SSSR count). The number of ether oxygens (including phenoxy) is 1. The van der Waals surface area contributed by atoms with E-state index in [9.17, 15) is 22.0 Å². The molecule has 0 heterocycles. The van der Waals surface area contributed by atoms with Crippen molar-refractivity contribution in [1.82, 2.24) is 4.72 Å². The Labute approximate surface area is 163 Å². The number of nitrogens with one attached hydrogen (secondary N) is 2. The zero-order valence-corrected chi connectivity index (χ0v) is 16.7. The predicted octanol–water partition coefficient (Wildman–Crippen LogP) is 3.40. The number of amides is 1. The van der Waals surface area contributed by atoms with Crippen LogP contribution in [0.5, 0.6) is 5.75 Å². The van der Waals surface area contributed by atoms with E-state index in [1.807, 2.05) is 13.8 Å². The van der Waals surface area contributed by atoms with Crippen LogP contribution >= 0.6 is 0 Å². The van der Waals surface area contributed by atoms with Gasteiger partial charge in [0.1, 0.15) is 10.6 Å². The Balaban J connectivity index is 2.21. The van der Waals surface area contributed by atoms with Gasteiger partial charge in [0.05, 0.1) is 13.2 Å². The van der Waals surface area contributed by atoms with Gasteiger partial charge >= 0.3 is 0 Å². The molecule has 0 radical (unpaired) electrons. The number of rotatable bonds is 7. The molecule has 0 saturated carbocycles. The van der Waals surface area contributed by atoms with Gasteiger partial charge in [-0.15, -0.1) is 0 Å². The molecule has 1 atom stereocenters. The molecule has 2 aromatic rings. The summed E-state index contributed by atoms with van der Waals surface area (Å²) in [6.07, 6.45) is 0. The molecule has 0 aromatic heterocycles. The second-order valence-electron chi connectivity index (χ2n) is 6.53. The third-order valence-electron chi connectivity index (χ3n) is 4.06. The highest BCUT2D eigenvalue weighted by atomic mass is 32.2. The van der Waals surface area contributed by atoms with Gasteiger partial charge in [-0.1, -0.05) is 19.9 Å². The van der Waals surface area contributed by atoms with Gasteiger partial charge in [-0.2, -0.15) is 4.72 Å². The SMILES string of the molecule is COc1ccc(C(C)C)cc1S(=O)(=O)NC(C)C(=O)Nc1ccc(F)c(F)c1. The summed E-state index contributed by atoms with van der Waals surface area (Å²) in [6.45, 7) is 5.18. The maximum atomic E-state index is 13.3. The lowest BCUT2D eigenvalue weighted by atomic mass is 10.0. The standard InChI is InChI=1S/C19H22F2N2O4S/c1-11(2)13-5-8-17(27-4)18(9-13)28(25,26)23-12(3)19(24)22-14-6-7-15(20)16(21)10-14/h5-12,23H,1-4H3,(H,22,24). The maximum absolute atomic E-state index is 13.3. The highest BCUT2D eigenvalue weighted by Gasteiger charge is 2.26. The molecule has 0 fully saturated rings. The van der Waals surface area contributed by atoms with E-state index in [1.165, 1.54) is 26.2 Å². The molecule has 0 spiro atoms. The predicted molar refractivity (Wildman–Crippen MR) is 102 cm³/mol. The van der Waals surface area contributed by atoms with E-state index in [0.717, 1.165) is 17.7 Å². The molecule has 0 aliphatic rings. The summed E-state index contributed by atoms with van der Waals surface area (Å²) in [7, 11) is -2.73. The second kappa shape index (κ2) is 8.66. The van der Waals surface area contributed by atoms with Gasteiger partial charge in [-0.05, 0) is 42.7 Å². The summed E-state index contributed by atoms with van der Waals surface area (Å²) in [5.74, 6) is -2.67. The van der Waals surface area contributed by atoms with Crippen LogP contribution < -0.4 is 14.8 Å². The third-order valence-corrected chi connectivity index (χ3v) is 5.62. The molecule has 28 heavy (non-hydrogen) atoms. The first-order chi connectivity index (χ1) is 13.0. The summed E-state index contributed by atoms with van der Waals surface area (Å²) < 4.78 is 59.2. The first kappa shape index (κ1) is 21.8. The van der Waals surface area contributed by atoms with E-state index in [2.05, 4.69) is 10.0 Å². The van der Waals surface area contributed by atoms with Crippen LogP contribution in [0, 0.1) is 11.6 Å². The Morgan fingerprint density at radius 3 is 2.29 bits per heavy atom. The number of carbonyl (C=O) groups excluding carboxylic acids is 1. The van der Waals surface area contributed by atoms with Crippen LogP contribution in [-0.4, -0.2) is 27.5 Å². The van der Waals surface area contributed by atoms with Gasteiger partial charge in [0.2, 0.25) is 15.9 Å². The van der Waals surface area contributed by atoms with Crippen LogP contribution in [0.2, 0.25) is 0 Å². The monoisotopic (exact) mass is 412 g/mol. The van der Waals surface area contributed by atoms with Gasteiger partial charge in [-0.25, -0.2) is 17.2 Å². The van der Waals surface area contributed by atoms with E-state index >= 15 is 0 Å². The van der Waals surface area contributed by atoms with Crippen molar-refractivity contribution in [2.45, 2.75) is 37.6 Å². The van der Waals surface area contributed by atoms with Crippen molar-refractivity contribution >= 4 is 21.6 Å². The minimum atomic E-state index is -4.08. The number of sulfonamides is 1. The van der Waals surface area contributed by atoms with Crippen molar-refractivity contribution in [2.24, 2.45) is 0 Å². The van der Waals surface area contributed by atoms with E-state index in [1.54, 1.807) is 12.1 Å². The number of benzene rings is 2. The molecule has 6 nitrogen and oxygen atoms in total. The number of anilines is 1. The number of hydrogen-bond donors (Lipinski definition) is 2. The molecule has 0 saturated heterocycles. The molecular weight excluding hydrogens is 390 g/mol. The Bertz CT molecular complexity index is 978. The van der Waals surface area contributed by atoms with Crippen LogP contribution in [0.4, 0.5) is 14.5 Å². The first-order valence-electron chi connectivity index (χ1n) is 8.51. The van der Waals surface area contributed by atoms with Crippen molar-refractivity contribution in [3.63, 3.8) is 0 Å². The molecule has 152 valence electrons. The first-order valence-corrected chi connectivity index (χ1v) is 9.99. The van der Waals surface area contributed by atoms with Crippen LogP contribution in [-0.2, 0) is 14.8 Å². The summed E-state index contributed by atoms with van der Waals surface area (Å²) in [6, 6.07) is 6.48. The van der Waals surface area contributed by atoms with Gasteiger partial charge in [0, 0.05) is 11.8 Å². The number of halogens is 2. The summed E-state index contributed by atoms with van der Waals surface area (Å²) in [4.78, 5) is 12.2. The van der Waals surface area contributed by atoms with Gasteiger partial charge in [0.15, 0.2) is 11.6 Å². The second-order valence-corrected chi connectivity index (χ2v) is 8.21. The van der Waals surface area contributed by atoms with Crippen LogP contribution in [0.1, 0.15) is 32.3 Å². The van der Waals surface area contributed by atoms with Crippen molar-refractivity contribution in [3.8, 4) is 5.75 Å². The molecule has 2 aromatic carbocycles. The third kappa shape index (κ3) is 5.05. The fourth-order valence-corrected chi connectivity index (χ4v) is 3.84. The van der Waals surface area contributed by atoms with Gasteiger partial charge in [0.25, 0.3) is 0 Å². The molecule has 0 aliphatic carbocycles. The smallest absolute Gasteiger partial charge is 0.244 e. The van der Waals surface area contributed by atoms with E-state index in [4.69, 9.17) is 4.74 Å². The number of methoxy groups -OCH3 is 1. The minimum Gasteiger partial charge on any atom is -0.495 e. The number of carbonyl (C=O) groups is 1. The molecule has 0 bridgehead atoms. The average molecular weight is 412 g/mol. The van der Waals surface area contributed by atoms with Crippen LogP contribution in [0.3, 0.4) is 0 Å². The van der Waals surface area contributed by atoms with E-state index in [-0.39, 0.29) is 22.3 Å². The van der Waals surface area contributed by atoms with Crippen molar-refractivity contribution in [1.29, 1.82) is 0 Å². The fourth-order valence-electron chi connectivity index (χ4n) is 2.44. The normalized spacial score (nSPS) is 12.7. The Morgan fingerprint density at radius 2 is 1.71 bits per heavy atom. The zero-order valence-electron chi connectivity index (χ0n) is 15.9.